The molecule has 1 rings (SSSR count). The Kier molecular flexibility index (Phi) is 8.31. The lowest BCUT2D eigenvalue weighted by atomic mass is 10.1. The second-order valence-corrected chi connectivity index (χ2v) is 5.54. The zero-order valence-corrected chi connectivity index (χ0v) is 14.5. The van der Waals surface area contributed by atoms with Gasteiger partial charge in [0.2, 0.25) is 0 Å². The predicted molar refractivity (Wildman–Crippen MR) is 91.3 cm³/mol. The topological polar surface area (TPSA) is 116 Å². The molecule has 9 heteroatoms. The van der Waals surface area contributed by atoms with Crippen molar-refractivity contribution in [2.75, 3.05) is 13.1 Å². The normalized spacial score (nSPS) is 10.3. The summed E-state index contributed by atoms with van der Waals surface area (Å²) in [6, 6.07) is 3.54. The first-order chi connectivity index (χ1) is 11.9. The molecule has 0 aliphatic carbocycles. The summed E-state index contributed by atoms with van der Waals surface area (Å²) < 4.78 is 5.14. The first-order valence-corrected chi connectivity index (χ1v) is 8.24. The van der Waals surface area contributed by atoms with Crippen molar-refractivity contribution >= 4 is 17.5 Å². The smallest absolute Gasteiger partial charge is 0.410 e. The Bertz CT molecular complexity index is 580. The molecule has 0 N–H and O–H groups in total. The summed E-state index contributed by atoms with van der Waals surface area (Å²) in [7, 11) is 0. The lowest BCUT2D eigenvalue weighted by Crippen LogP contribution is -2.33. The van der Waals surface area contributed by atoms with Gasteiger partial charge in [-0.15, -0.1) is 0 Å². The largest absolute Gasteiger partial charge is 0.444 e. The number of nitrogens with zero attached hydrogens (tertiary/aromatic N) is 3. The molecule has 25 heavy (non-hydrogen) atoms. The van der Waals surface area contributed by atoms with Crippen LogP contribution >= 0.6 is 0 Å². The number of nitro groups is 2. The molecule has 0 radical (unpaired) electrons. The van der Waals surface area contributed by atoms with Crippen LogP contribution in [0.5, 0.6) is 0 Å². The molecule has 1 aromatic rings. The van der Waals surface area contributed by atoms with Gasteiger partial charge < -0.3 is 9.64 Å². The van der Waals surface area contributed by atoms with Crippen molar-refractivity contribution in [1.29, 1.82) is 0 Å². The summed E-state index contributed by atoms with van der Waals surface area (Å²) in [5.74, 6) is 0. The van der Waals surface area contributed by atoms with Crippen molar-refractivity contribution in [1.82, 2.24) is 4.90 Å². The number of ether oxygens (including phenoxy) is 1. The molecule has 138 valence electrons. The Hall–Kier alpha value is -2.71. The highest BCUT2D eigenvalue weighted by Gasteiger charge is 2.26. The molecule has 0 spiro atoms. The number of unbranched alkanes of at least 4 members (excludes halogenated alkanes) is 2. The van der Waals surface area contributed by atoms with E-state index < -0.39 is 33.9 Å². The molecule has 0 atom stereocenters. The quantitative estimate of drug-likeness (QED) is 0.463. The van der Waals surface area contributed by atoms with Gasteiger partial charge in [-0.1, -0.05) is 26.7 Å². The Balaban J connectivity index is 2.92. The van der Waals surface area contributed by atoms with Crippen LogP contribution in [0, 0.1) is 20.2 Å². The van der Waals surface area contributed by atoms with Crippen molar-refractivity contribution in [2.45, 2.75) is 46.1 Å². The lowest BCUT2D eigenvalue weighted by molar-refractivity contribution is -0.396. The van der Waals surface area contributed by atoms with Crippen LogP contribution in [0.2, 0.25) is 0 Å². The Labute approximate surface area is 145 Å². The minimum atomic E-state index is -0.720. The summed E-state index contributed by atoms with van der Waals surface area (Å²) in [6.07, 6.45) is 2.82. The summed E-state index contributed by atoms with van der Waals surface area (Å²) in [5.41, 5.74) is -1.08. The van der Waals surface area contributed by atoms with Crippen LogP contribution < -0.4 is 0 Å². The van der Waals surface area contributed by atoms with E-state index in [4.69, 9.17) is 4.74 Å². The summed E-state index contributed by atoms with van der Waals surface area (Å²) >= 11 is 0. The molecule has 0 aliphatic heterocycles. The van der Waals surface area contributed by atoms with Crippen LogP contribution in [-0.2, 0) is 11.3 Å². The van der Waals surface area contributed by atoms with Gasteiger partial charge in [-0.3, -0.25) is 20.2 Å². The van der Waals surface area contributed by atoms with E-state index in [0.29, 0.717) is 13.1 Å². The first-order valence-electron chi connectivity index (χ1n) is 8.24. The molecule has 9 nitrogen and oxygen atoms in total. The third-order valence-electron chi connectivity index (χ3n) is 3.68. The van der Waals surface area contributed by atoms with E-state index in [2.05, 4.69) is 0 Å². The molecule has 1 aromatic carbocycles. The fourth-order valence-corrected chi connectivity index (χ4v) is 2.27. The van der Waals surface area contributed by atoms with Gasteiger partial charge in [-0.25, -0.2) is 4.79 Å². The van der Waals surface area contributed by atoms with E-state index in [1.54, 1.807) is 0 Å². The van der Waals surface area contributed by atoms with Gasteiger partial charge in [-0.05, 0) is 18.9 Å². The van der Waals surface area contributed by atoms with E-state index in [1.165, 1.54) is 11.0 Å². The number of rotatable bonds is 10. The zero-order chi connectivity index (χ0) is 18.8. The van der Waals surface area contributed by atoms with Gasteiger partial charge in [-0.2, -0.15) is 0 Å². The fourth-order valence-electron chi connectivity index (χ4n) is 2.27. The standard InChI is InChI=1S/C16H23N3O6/c1-3-5-10-17(11-6-4-2)16(20)25-12-13-14(18(21)22)8-7-9-15(13)19(23)24/h7-9H,3-6,10-12H2,1-2H3. The molecular weight excluding hydrogens is 330 g/mol. The molecule has 0 unspecified atom stereocenters. The van der Waals surface area contributed by atoms with Gasteiger partial charge in [0.15, 0.2) is 0 Å². The fraction of sp³-hybridized carbons (Fsp3) is 0.562. The molecule has 0 saturated heterocycles. The Morgan fingerprint density at radius 1 is 1.04 bits per heavy atom. The van der Waals surface area contributed by atoms with E-state index in [1.807, 2.05) is 13.8 Å². The molecule has 0 aromatic heterocycles. The third kappa shape index (κ3) is 6.02. The van der Waals surface area contributed by atoms with Crippen molar-refractivity contribution < 1.29 is 19.4 Å². The minimum absolute atomic E-state index is 0.211. The molecular formula is C16H23N3O6. The van der Waals surface area contributed by atoms with Gasteiger partial charge in [0.1, 0.15) is 12.2 Å². The number of benzene rings is 1. The predicted octanol–water partition coefficient (Wildman–Crippen LogP) is 4.04. The Morgan fingerprint density at radius 3 is 1.92 bits per heavy atom. The van der Waals surface area contributed by atoms with Gasteiger partial charge >= 0.3 is 6.09 Å². The van der Waals surface area contributed by atoms with E-state index in [9.17, 15) is 25.0 Å². The maximum Gasteiger partial charge on any atom is 0.410 e. The molecule has 0 heterocycles. The molecule has 0 bridgehead atoms. The van der Waals surface area contributed by atoms with E-state index >= 15 is 0 Å². The number of hydrogen-bond acceptors (Lipinski definition) is 6. The maximum atomic E-state index is 12.3. The summed E-state index contributed by atoms with van der Waals surface area (Å²) in [5, 5.41) is 22.2. The van der Waals surface area contributed by atoms with Gasteiger partial charge in [0.05, 0.1) is 9.85 Å². The van der Waals surface area contributed by atoms with Gasteiger partial charge in [0.25, 0.3) is 11.4 Å². The number of nitro benzene ring substituents is 2. The lowest BCUT2D eigenvalue weighted by Gasteiger charge is -2.21. The van der Waals surface area contributed by atoms with Crippen LogP contribution in [0.3, 0.4) is 0 Å². The van der Waals surface area contributed by atoms with Crippen molar-refractivity contribution in [3.63, 3.8) is 0 Å². The van der Waals surface area contributed by atoms with Crippen LogP contribution in [0.4, 0.5) is 16.2 Å². The molecule has 0 aliphatic rings. The van der Waals surface area contributed by atoms with E-state index in [-0.39, 0.29) is 5.56 Å². The molecule has 0 saturated carbocycles. The molecule has 0 fully saturated rings. The van der Waals surface area contributed by atoms with Crippen LogP contribution in [0.25, 0.3) is 0 Å². The van der Waals surface area contributed by atoms with Gasteiger partial charge in [0, 0.05) is 25.2 Å². The molecule has 1 amide bonds. The van der Waals surface area contributed by atoms with Crippen LogP contribution in [0.15, 0.2) is 18.2 Å². The van der Waals surface area contributed by atoms with Crippen LogP contribution in [-0.4, -0.2) is 33.9 Å². The number of hydrogen-bond donors (Lipinski definition) is 0. The highest BCUT2D eigenvalue weighted by atomic mass is 16.6. The second-order valence-electron chi connectivity index (χ2n) is 5.54. The zero-order valence-electron chi connectivity index (χ0n) is 14.5. The maximum absolute atomic E-state index is 12.3. The summed E-state index contributed by atoms with van der Waals surface area (Å²) in [4.78, 5) is 34.5. The highest BCUT2D eigenvalue weighted by molar-refractivity contribution is 5.68. The number of carbonyl (C=O) groups excluding carboxylic acids is 1. The third-order valence-corrected chi connectivity index (χ3v) is 3.68. The number of amides is 1. The number of carbonyl (C=O) groups is 1. The Morgan fingerprint density at radius 2 is 1.52 bits per heavy atom. The monoisotopic (exact) mass is 353 g/mol. The van der Waals surface area contributed by atoms with E-state index in [0.717, 1.165) is 37.8 Å². The van der Waals surface area contributed by atoms with Crippen LogP contribution in [0.1, 0.15) is 45.1 Å². The van der Waals surface area contributed by atoms with Crippen molar-refractivity contribution in [3.8, 4) is 0 Å². The average Bonchev–Trinajstić information content (AvgIpc) is 2.59. The second kappa shape index (κ2) is 10.2. The van der Waals surface area contributed by atoms with Crippen molar-refractivity contribution in [2.24, 2.45) is 0 Å². The first kappa shape index (κ1) is 20.3. The SMILES string of the molecule is CCCCN(CCCC)C(=O)OCc1c([N+](=O)[O-])cccc1[N+](=O)[O-]. The summed E-state index contributed by atoms with van der Waals surface area (Å²) in [6.45, 7) is 4.53. The van der Waals surface area contributed by atoms with Crippen molar-refractivity contribution in [3.05, 3.63) is 44.0 Å². The average molecular weight is 353 g/mol. The highest BCUT2D eigenvalue weighted by Crippen LogP contribution is 2.29. The minimum Gasteiger partial charge on any atom is -0.444 e.